The first kappa shape index (κ1) is 17.6. The van der Waals surface area contributed by atoms with E-state index in [4.69, 9.17) is 10.5 Å². The second-order valence-corrected chi connectivity index (χ2v) is 5.65. The second-order valence-electron chi connectivity index (χ2n) is 5.65. The molecule has 3 aromatic rings. The van der Waals surface area contributed by atoms with Gasteiger partial charge < -0.3 is 15.8 Å². The molecule has 1 heterocycles. The number of hydrogen-bond acceptors (Lipinski definition) is 5. The summed E-state index contributed by atoms with van der Waals surface area (Å²) in [4.78, 5) is 8.35. The average Bonchev–Trinajstić information content (AvgIpc) is 2.61. The van der Waals surface area contributed by atoms with Gasteiger partial charge in [0.25, 0.3) is 0 Å². The summed E-state index contributed by atoms with van der Waals surface area (Å²) in [5, 5.41) is 3.02. The summed E-state index contributed by atoms with van der Waals surface area (Å²) < 4.78 is 32.1. The number of benzene rings is 2. The van der Waals surface area contributed by atoms with Crippen LogP contribution in [0.1, 0.15) is 11.1 Å². The van der Waals surface area contributed by atoms with Crippen LogP contribution in [0.25, 0.3) is 0 Å². The minimum absolute atomic E-state index is 0.248. The quantitative estimate of drug-likeness (QED) is 0.635. The Kier molecular flexibility index (Phi) is 5.58. The van der Waals surface area contributed by atoms with Gasteiger partial charge in [0.1, 0.15) is 29.8 Å². The fourth-order valence-corrected chi connectivity index (χ4v) is 2.42. The van der Waals surface area contributed by atoms with Crippen molar-refractivity contribution < 1.29 is 13.5 Å². The van der Waals surface area contributed by atoms with Crippen LogP contribution in [0.4, 0.5) is 20.5 Å². The molecule has 0 amide bonds. The number of nitrogens with zero attached hydrogens (tertiary/aromatic N) is 2. The Hall–Kier alpha value is -3.22. The van der Waals surface area contributed by atoms with E-state index in [0.29, 0.717) is 30.2 Å². The third-order valence-electron chi connectivity index (χ3n) is 3.61. The van der Waals surface area contributed by atoms with Crippen LogP contribution in [-0.2, 0) is 6.42 Å². The molecule has 0 aliphatic rings. The number of rotatable bonds is 7. The van der Waals surface area contributed by atoms with Crippen LogP contribution in [0.15, 0.2) is 54.7 Å². The average molecular weight is 356 g/mol. The molecule has 0 spiro atoms. The third-order valence-corrected chi connectivity index (χ3v) is 3.61. The highest BCUT2D eigenvalue weighted by Crippen LogP contribution is 2.17. The van der Waals surface area contributed by atoms with Gasteiger partial charge in [-0.25, -0.2) is 13.8 Å². The molecule has 0 fully saturated rings. The topological polar surface area (TPSA) is 73.1 Å². The molecule has 3 rings (SSSR count). The van der Waals surface area contributed by atoms with Crippen molar-refractivity contribution in [3.63, 3.8) is 0 Å². The van der Waals surface area contributed by atoms with Crippen molar-refractivity contribution in [2.75, 3.05) is 24.2 Å². The van der Waals surface area contributed by atoms with Gasteiger partial charge in [-0.3, -0.25) is 0 Å². The molecule has 26 heavy (non-hydrogen) atoms. The van der Waals surface area contributed by atoms with E-state index in [1.54, 1.807) is 6.20 Å². The van der Waals surface area contributed by atoms with Crippen molar-refractivity contribution in [1.29, 1.82) is 0 Å². The molecule has 0 aliphatic heterocycles. The van der Waals surface area contributed by atoms with Gasteiger partial charge in [0.05, 0.1) is 6.54 Å². The highest BCUT2D eigenvalue weighted by atomic mass is 19.1. The van der Waals surface area contributed by atoms with Gasteiger partial charge in [-0.05, 0) is 29.8 Å². The van der Waals surface area contributed by atoms with E-state index in [9.17, 15) is 8.78 Å². The number of nitrogen functional groups attached to an aromatic ring is 1. The molecule has 3 N–H and O–H groups in total. The molecule has 5 nitrogen and oxygen atoms in total. The summed E-state index contributed by atoms with van der Waals surface area (Å²) in [6.45, 7) is 0.945. The largest absolute Gasteiger partial charge is 0.492 e. The SMILES string of the molecule is Nc1nc(NCCOc2ccccc2)ncc1Cc1cc(F)cc(F)c1. The van der Waals surface area contributed by atoms with Gasteiger partial charge in [-0.15, -0.1) is 0 Å². The maximum atomic E-state index is 13.3. The van der Waals surface area contributed by atoms with Crippen LogP contribution in [0.2, 0.25) is 0 Å². The summed E-state index contributed by atoms with van der Waals surface area (Å²) in [6, 6.07) is 12.8. The van der Waals surface area contributed by atoms with Crippen molar-refractivity contribution in [3.8, 4) is 5.75 Å². The molecule has 0 radical (unpaired) electrons. The lowest BCUT2D eigenvalue weighted by molar-refractivity contribution is 0.332. The monoisotopic (exact) mass is 356 g/mol. The molecular weight excluding hydrogens is 338 g/mol. The fourth-order valence-electron chi connectivity index (χ4n) is 2.42. The van der Waals surface area contributed by atoms with Gasteiger partial charge in [0.2, 0.25) is 5.95 Å². The van der Waals surface area contributed by atoms with E-state index >= 15 is 0 Å². The van der Waals surface area contributed by atoms with E-state index in [2.05, 4.69) is 15.3 Å². The maximum absolute atomic E-state index is 13.3. The number of anilines is 2. The standard InChI is InChI=1S/C19H18F2N4O/c20-15-9-13(10-16(21)11-15)8-14-12-24-19(25-18(14)22)23-6-7-26-17-4-2-1-3-5-17/h1-5,9-12H,6-8H2,(H3,22,23,24,25). The zero-order valence-corrected chi connectivity index (χ0v) is 14.0. The van der Waals surface area contributed by atoms with Crippen molar-refractivity contribution in [3.05, 3.63) is 77.5 Å². The first-order chi connectivity index (χ1) is 12.6. The van der Waals surface area contributed by atoms with E-state index in [0.717, 1.165) is 11.8 Å². The van der Waals surface area contributed by atoms with Crippen molar-refractivity contribution >= 4 is 11.8 Å². The lowest BCUT2D eigenvalue weighted by atomic mass is 10.1. The number of nitrogens with one attached hydrogen (secondary N) is 1. The van der Waals surface area contributed by atoms with Gasteiger partial charge in [-0.2, -0.15) is 4.98 Å². The molecule has 2 aromatic carbocycles. The number of ether oxygens (including phenoxy) is 1. The van der Waals surface area contributed by atoms with E-state index in [1.165, 1.54) is 12.1 Å². The molecule has 0 bridgehead atoms. The minimum atomic E-state index is -0.629. The van der Waals surface area contributed by atoms with Crippen molar-refractivity contribution in [2.45, 2.75) is 6.42 Å². The van der Waals surface area contributed by atoms with Crippen LogP contribution in [-0.4, -0.2) is 23.1 Å². The Morgan fingerprint density at radius 3 is 2.46 bits per heavy atom. The Morgan fingerprint density at radius 1 is 1.04 bits per heavy atom. The Morgan fingerprint density at radius 2 is 1.77 bits per heavy atom. The predicted octanol–water partition coefficient (Wildman–Crippen LogP) is 3.42. The van der Waals surface area contributed by atoms with Crippen LogP contribution in [0.3, 0.4) is 0 Å². The maximum Gasteiger partial charge on any atom is 0.224 e. The normalized spacial score (nSPS) is 10.5. The number of para-hydroxylation sites is 1. The molecular formula is C19H18F2N4O. The van der Waals surface area contributed by atoms with E-state index in [-0.39, 0.29) is 12.2 Å². The summed E-state index contributed by atoms with van der Waals surface area (Å²) >= 11 is 0. The number of halogens is 2. The smallest absolute Gasteiger partial charge is 0.224 e. The van der Waals surface area contributed by atoms with E-state index < -0.39 is 11.6 Å². The van der Waals surface area contributed by atoms with Gasteiger partial charge in [0.15, 0.2) is 0 Å². The van der Waals surface area contributed by atoms with Gasteiger partial charge in [-0.1, -0.05) is 18.2 Å². The van der Waals surface area contributed by atoms with Gasteiger partial charge in [0, 0.05) is 24.2 Å². The molecule has 0 saturated heterocycles. The molecule has 0 unspecified atom stereocenters. The number of nitrogens with two attached hydrogens (primary N) is 1. The van der Waals surface area contributed by atoms with Crippen molar-refractivity contribution in [1.82, 2.24) is 9.97 Å². The lowest BCUT2D eigenvalue weighted by Gasteiger charge is -2.10. The second kappa shape index (κ2) is 8.24. The lowest BCUT2D eigenvalue weighted by Crippen LogP contribution is -2.14. The minimum Gasteiger partial charge on any atom is -0.492 e. The Balaban J connectivity index is 1.55. The number of aromatic nitrogens is 2. The summed E-state index contributed by atoms with van der Waals surface area (Å²) in [5.74, 6) is 0.157. The van der Waals surface area contributed by atoms with Crippen molar-refractivity contribution in [2.24, 2.45) is 0 Å². The number of hydrogen-bond donors (Lipinski definition) is 2. The molecule has 134 valence electrons. The van der Waals surface area contributed by atoms with Crippen LogP contribution < -0.4 is 15.8 Å². The predicted molar refractivity (Wildman–Crippen MR) is 96.0 cm³/mol. The van der Waals surface area contributed by atoms with Gasteiger partial charge >= 0.3 is 0 Å². The Bertz CT molecular complexity index is 854. The fraction of sp³-hybridized carbons (Fsp3) is 0.158. The summed E-state index contributed by atoms with van der Waals surface area (Å²) in [5.41, 5.74) is 7.00. The van der Waals surface area contributed by atoms with Crippen LogP contribution >= 0.6 is 0 Å². The Labute approximate surface area is 149 Å². The summed E-state index contributed by atoms with van der Waals surface area (Å²) in [6.07, 6.45) is 1.80. The van der Waals surface area contributed by atoms with E-state index in [1.807, 2.05) is 30.3 Å². The zero-order chi connectivity index (χ0) is 18.4. The van der Waals surface area contributed by atoms with Crippen LogP contribution in [0, 0.1) is 11.6 Å². The van der Waals surface area contributed by atoms with Crippen LogP contribution in [0.5, 0.6) is 5.75 Å². The molecule has 7 heteroatoms. The highest BCUT2D eigenvalue weighted by molar-refractivity contribution is 5.45. The molecule has 0 aliphatic carbocycles. The zero-order valence-electron chi connectivity index (χ0n) is 14.0. The highest BCUT2D eigenvalue weighted by Gasteiger charge is 2.08. The first-order valence-electron chi connectivity index (χ1n) is 8.08. The summed E-state index contributed by atoms with van der Waals surface area (Å²) in [7, 11) is 0. The molecule has 0 atom stereocenters. The molecule has 0 saturated carbocycles. The third kappa shape index (κ3) is 4.89. The first-order valence-corrected chi connectivity index (χ1v) is 8.08. The molecule has 1 aromatic heterocycles.